The fourth-order valence-electron chi connectivity index (χ4n) is 1.35. The van der Waals surface area contributed by atoms with E-state index >= 15 is 0 Å². The molecule has 0 bridgehead atoms. The maximum Gasteiger partial charge on any atom is 0.343 e. The predicted octanol–water partition coefficient (Wildman–Crippen LogP) is 1.91. The summed E-state index contributed by atoms with van der Waals surface area (Å²) in [7, 11) is 1.21. The molecule has 0 radical (unpaired) electrons. The van der Waals surface area contributed by atoms with Crippen molar-refractivity contribution in [2.45, 2.75) is 0 Å². The Morgan fingerprint density at radius 1 is 1.35 bits per heavy atom. The van der Waals surface area contributed by atoms with Crippen LogP contribution in [0.15, 0.2) is 36.5 Å². The van der Waals surface area contributed by atoms with Crippen LogP contribution in [0.2, 0.25) is 0 Å². The molecule has 0 aliphatic heterocycles. The molecule has 2 rings (SSSR count). The first-order valence-corrected chi connectivity index (χ1v) is 5.73. The Bertz CT molecular complexity index is 593. The summed E-state index contributed by atoms with van der Waals surface area (Å²) in [5.41, 5.74) is 0.748. The van der Waals surface area contributed by atoms with Gasteiger partial charge in [0.15, 0.2) is 6.61 Å². The minimum atomic E-state index is -0.757. The maximum atomic E-state index is 13.4. The number of nitrogens with zero attached hydrogens (tertiary/aromatic N) is 2. The number of ether oxygens (including phenoxy) is 2. The first-order chi connectivity index (χ1) is 9.69. The molecule has 0 aliphatic carbocycles. The van der Waals surface area contributed by atoms with Crippen LogP contribution in [0, 0.1) is 5.82 Å². The zero-order valence-corrected chi connectivity index (χ0v) is 10.7. The van der Waals surface area contributed by atoms with E-state index in [2.05, 4.69) is 20.0 Å². The summed E-state index contributed by atoms with van der Waals surface area (Å²) in [6.45, 7) is -0.421. The van der Waals surface area contributed by atoms with Crippen LogP contribution in [0.3, 0.4) is 0 Å². The van der Waals surface area contributed by atoms with Crippen molar-refractivity contribution in [2.24, 2.45) is 0 Å². The molecule has 1 aromatic heterocycles. The molecular weight excluding hydrogens is 265 g/mol. The average Bonchev–Trinajstić information content (AvgIpc) is 2.48. The van der Waals surface area contributed by atoms with Gasteiger partial charge in [-0.05, 0) is 12.1 Å². The topological polar surface area (TPSA) is 73.3 Å². The molecule has 1 N–H and O–H groups in total. The highest BCUT2D eigenvalue weighted by molar-refractivity contribution is 5.70. The number of esters is 1. The smallest absolute Gasteiger partial charge is 0.343 e. The lowest BCUT2D eigenvalue weighted by molar-refractivity contribution is -0.143. The van der Waals surface area contributed by atoms with E-state index in [1.165, 1.54) is 7.11 Å². The van der Waals surface area contributed by atoms with Crippen molar-refractivity contribution in [3.63, 3.8) is 0 Å². The number of hydrogen-bond donors (Lipinski definition) is 1. The molecule has 20 heavy (non-hydrogen) atoms. The van der Waals surface area contributed by atoms with Gasteiger partial charge in [0.25, 0.3) is 5.88 Å². The molecule has 2 aromatic rings. The van der Waals surface area contributed by atoms with Crippen molar-refractivity contribution in [3.05, 3.63) is 42.3 Å². The number of rotatable bonds is 5. The van der Waals surface area contributed by atoms with Crippen LogP contribution in [0.25, 0.3) is 0 Å². The second-order valence-corrected chi connectivity index (χ2v) is 3.70. The molecule has 0 spiro atoms. The normalized spacial score (nSPS) is 9.90. The van der Waals surface area contributed by atoms with Crippen LogP contribution in [0.5, 0.6) is 5.88 Å². The van der Waals surface area contributed by atoms with Crippen LogP contribution >= 0.6 is 0 Å². The number of carbonyl (C=O) groups excluding carboxylic acids is 1. The number of aromatic nitrogens is 2. The van der Waals surface area contributed by atoms with Crippen molar-refractivity contribution < 1.29 is 18.7 Å². The van der Waals surface area contributed by atoms with Gasteiger partial charge in [0.1, 0.15) is 0 Å². The first kappa shape index (κ1) is 13.7. The van der Waals surface area contributed by atoms with E-state index < -0.39 is 18.4 Å². The Morgan fingerprint density at radius 2 is 2.10 bits per heavy atom. The van der Waals surface area contributed by atoms with Gasteiger partial charge in [-0.15, -0.1) is 0 Å². The third-order valence-electron chi connectivity index (χ3n) is 2.30. The van der Waals surface area contributed by atoms with Gasteiger partial charge >= 0.3 is 5.97 Å². The van der Waals surface area contributed by atoms with E-state index in [1.54, 1.807) is 0 Å². The summed E-state index contributed by atoms with van der Waals surface area (Å²) in [6, 6.07) is 9.14. The summed E-state index contributed by atoms with van der Waals surface area (Å²) < 4.78 is 22.8. The molecule has 1 heterocycles. The highest BCUT2D eigenvalue weighted by Gasteiger charge is 2.11. The summed E-state index contributed by atoms with van der Waals surface area (Å²) in [5, 5.41) is 2.89. The van der Waals surface area contributed by atoms with Gasteiger partial charge < -0.3 is 14.8 Å². The van der Waals surface area contributed by atoms with E-state index in [0.717, 1.165) is 11.9 Å². The molecular formula is C13H12FN3O3. The molecule has 0 unspecified atom stereocenters. The average molecular weight is 277 g/mol. The molecule has 0 atom stereocenters. The second-order valence-electron chi connectivity index (χ2n) is 3.70. The number of anilines is 2. The number of methoxy groups -OCH3 is 1. The van der Waals surface area contributed by atoms with Crippen LogP contribution in [-0.4, -0.2) is 29.7 Å². The minimum absolute atomic E-state index is 0.164. The largest absolute Gasteiger partial charge is 0.466 e. The number of para-hydroxylation sites is 1. The van der Waals surface area contributed by atoms with Crippen LogP contribution in [0.1, 0.15) is 0 Å². The second kappa shape index (κ2) is 6.46. The van der Waals surface area contributed by atoms with E-state index in [0.29, 0.717) is 0 Å². The summed E-state index contributed by atoms with van der Waals surface area (Å²) >= 11 is 0. The fourth-order valence-corrected chi connectivity index (χ4v) is 1.35. The molecule has 0 amide bonds. The monoisotopic (exact) mass is 277 g/mol. The van der Waals surface area contributed by atoms with Gasteiger partial charge in [0.05, 0.1) is 13.3 Å². The minimum Gasteiger partial charge on any atom is -0.466 e. The van der Waals surface area contributed by atoms with Gasteiger partial charge in [-0.25, -0.2) is 9.78 Å². The van der Waals surface area contributed by atoms with E-state index in [9.17, 15) is 9.18 Å². The van der Waals surface area contributed by atoms with Gasteiger partial charge in [0.2, 0.25) is 11.8 Å². The molecule has 6 nitrogen and oxygen atoms in total. The predicted molar refractivity (Wildman–Crippen MR) is 69.2 cm³/mol. The van der Waals surface area contributed by atoms with Crippen molar-refractivity contribution >= 4 is 17.6 Å². The van der Waals surface area contributed by atoms with Gasteiger partial charge in [-0.2, -0.15) is 9.37 Å². The Hall–Kier alpha value is -2.70. The Labute approximate surface area is 114 Å². The van der Waals surface area contributed by atoms with Crippen molar-refractivity contribution in [1.29, 1.82) is 0 Å². The number of benzene rings is 1. The van der Waals surface area contributed by atoms with Gasteiger partial charge in [0, 0.05) is 5.69 Å². The molecule has 0 saturated heterocycles. The van der Waals surface area contributed by atoms with E-state index in [-0.39, 0.29) is 11.8 Å². The molecule has 0 aliphatic rings. The van der Waals surface area contributed by atoms with Crippen molar-refractivity contribution in [3.8, 4) is 5.88 Å². The van der Waals surface area contributed by atoms with Crippen LogP contribution in [0.4, 0.5) is 16.0 Å². The lowest BCUT2D eigenvalue weighted by Crippen LogP contribution is -2.14. The van der Waals surface area contributed by atoms with Gasteiger partial charge in [-0.3, -0.25) is 0 Å². The lowest BCUT2D eigenvalue weighted by Gasteiger charge is -2.08. The number of halogens is 1. The standard InChI is InChI=1S/C13H12FN3O3/c1-19-11(18)8-20-12-10(14)7-15-13(17-12)16-9-5-3-2-4-6-9/h2-7H,8H2,1H3,(H,15,16,17). The van der Waals surface area contributed by atoms with Crippen LogP contribution in [-0.2, 0) is 9.53 Å². The quantitative estimate of drug-likeness (QED) is 0.842. The SMILES string of the molecule is COC(=O)COc1nc(Nc2ccccc2)ncc1F. The molecule has 104 valence electrons. The lowest BCUT2D eigenvalue weighted by atomic mass is 10.3. The highest BCUT2D eigenvalue weighted by Crippen LogP contribution is 2.17. The van der Waals surface area contributed by atoms with Gasteiger partial charge in [-0.1, -0.05) is 18.2 Å². The van der Waals surface area contributed by atoms with E-state index in [1.807, 2.05) is 30.3 Å². The maximum absolute atomic E-state index is 13.4. The third-order valence-corrected chi connectivity index (χ3v) is 2.30. The summed E-state index contributed by atoms with van der Waals surface area (Å²) in [5.74, 6) is -1.53. The highest BCUT2D eigenvalue weighted by atomic mass is 19.1. The Balaban J connectivity index is 2.10. The van der Waals surface area contributed by atoms with Crippen LogP contribution < -0.4 is 10.1 Å². The Kier molecular flexibility index (Phi) is 4.43. The number of nitrogens with one attached hydrogen (secondary N) is 1. The zero-order chi connectivity index (χ0) is 14.4. The molecule has 0 fully saturated rings. The summed E-state index contributed by atoms with van der Waals surface area (Å²) in [6.07, 6.45) is 0.963. The molecule has 7 heteroatoms. The Morgan fingerprint density at radius 3 is 2.80 bits per heavy atom. The number of carbonyl (C=O) groups is 1. The van der Waals surface area contributed by atoms with Crippen molar-refractivity contribution in [1.82, 2.24) is 9.97 Å². The molecule has 0 saturated carbocycles. The zero-order valence-electron chi connectivity index (χ0n) is 10.7. The molecule has 1 aromatic carbocycles. The summed E-state index contributed by atoms with van der Waals surface area (Å²) in [4.78, 5) is 18.6. The fraction of sp³-hybridized carbons (Fsp3) is 0.154. The van der Waals surface area contributed by atoms with Crippen molar-refractivity contribution in [2.75, 3.05) is 19.0 Å². The van der Waals surface area contributed by atoms with E-state index in [4.69, 9.17) is 4.74 Å². The first-order valence-electron chi connectivity index (χ1n) is 5.73. The number of hydrogen-bond acceptors (Lipinski definition) is 6. The third kappa shape index (κ3) is 3.64.